The molecule has 10 heteroatoms. The first kappa shape index (κ1) is 20.2. The van der Waals surface area contributed by atoms with Crippen LogP contribution in [-0.4, -0.2) is 85.6 Å². The lowest BCUT2D eigenvalue weighted by atomic mass is 9.96. The molecule has 0 aliphatic carbocycles. The largest absolute Gasteiger partial charge is 0.388 e. The zero-order chi connectivity index (χ0) is 17.4. The summed E-state index contributed by atoms with van der Waals surface area (Å²) in [6.07, 6.45) is -4.23. The summed E-state index contributed by atoms with van der Waals surface area (Å²) in [5, 5.41) is 25.8. The molecule has 0 unspecified atom stereocenters. The quantitative estimate of drug-likeness (QED) is 0.206. The van der Waals surface area contributed by atoms with E-state index in [1.54, 1.807) is 0 Å². The molecule has 1 rings (SSSR count). The smallest absolute Gasteiger partial charge is 0.237 e. The van der Waals surface area contributed by atoms with Crippen molar-refractivity contribution in [3.63, 3.8) is 0 Å². The normalized spacial score (nSPS) is 32.5. The number of hydrogen-bond donors (Lipinski definition) is 7. The van der Waals surface area contributed by atoms with Crippen LogP contribution in [0.1, 0.15) is 6.92 Å². The molecular formula is C13H29N5O5. The summed E-state index contributed by atoms with van der Waals surface area (Å²) in [5.41, 5.74) is 16.4. The Morgan fingerprint density at radius 2 is 2.00 bits per heavy atom. The highest BCUT2D eigenvalue weighted by atomic mass is 16.7. The summed E-state index contributed by atoms with van der Waals surface area (Å²) in [6.45, 7) is 3.47. The van der Waals surface area contributed by atoms with Crippen LogP contribution in [0.2, 0.25) is 0 Å². The van der Waals surface area contributed by atoms with Gasteiger partial charge in [-0.3, -0.25) is 4.79 Å². The second-order valence-corrected chi connectivity index (χ2v) is 5.49. The summed E-state index contributed by atoms with van der Waals surface area (Å²) >= 11 is 0. The number of nitrogens with two attached hydrogens (primary N) is 3. The highest BCUT2D eigenvalue weighted by molar-refractivity contribution is 5.81. The molecule has 0 radical (unpaired) electrons. The number of amides is 1. The predicted molar refractivity (Wildman–Crippen MR) is 83.2 cm³/mol. The molecule has 0 bridgehead atoms. The van der Waals surface area contributed by atoms with Gasteiger partial charge in [0.05, 0.1) is 12.6 Å². The van der Waals surface area contributed by atoms with Crippen LogP contribution in [0.15, 0.2) is 0 Å². The third-order valence-electron chi connectivity index (χ3n) is 3.54. The van der Waals surface area contributed by atoms with Gasteiger partial charge in [-0.1, -0.05) is 0 Å². The van der Waals surface area contributed by atoms with Crippen molar-refractivity contribution < 1.29 is 24.5 Å². The Kier molecular flexibility index (Phi) is 8.87. The lowest BCUT2D eigenvalue weighted by Gasteiger charge is -2.42. The van der Waals surface area contributed by atoms with E-state index in [-0.39, 0.29) is 13.2 Å². The summed E-state index contributed by atoms with van der Waals surface area (Å²) in [7, 11) is 0. The van der Waals surface area contributed by atoms with Crippen molar-refractivity contribution in [3.05, 3.63) is 0 Å². The molecule has 0 aromatic heterocycles. The van der Waals surface area contributed by atoms with Gasteiger partial charge in [0.1, 0.15) is 24.4 Å². The van der Waals surface area contributed by atoms with Gasteiger partial charge < -0.3 is 47.5 Å². The number of rotatable bonds is 9. The lowest BCUT2D eigenvalue weighted by Crippen LogP contribution is -2.66. The van der Waals surface area contributed by atoms with Crippen LogP contribution in [0.3, 0.4) is 0 Å². The zero-order valence-corrected chi connectivity index (χ0v) is 13.4. The van der Waals surface area contributed by atoms with Gasteiger partial charge in [-0.05, 0) is 6.92 Å². The monoisotopic (exact) mass is 335 g/mol. The van der Waals surface area contributed by atoms with Gasteiger partial charge in [0, 0.05) is 26.2 Å². The Hall–Kier alpha value is -0.850. The number of carbonyl (C=O) groups excluding carboxylic acids is 1. The molecule has 1 heterocycles. The highest BCUT2D eigenvalue weighted by Gasteiger charge is 2.45. The average Bonchev–Trinajstić information content (AvgIpc) is 2.53. The Labute approximate surface area is 135 Å². The summed E-state index contributed by atoms with van der Waals surface area (Å²) < 4.78 is 11.1. The van der Waals surface area contributed by atoms with Crippen LogP contribution in [0.5, 0.6) is 0 Å². The average molecular weight is 335 g/mol. The maximum absolute atomic E-state index is 11.8. The molecular weight excluding hydrogens is 306 g/mol. The van der Waals surface area contributed by atoms with Gasteiger partial charge in [-0.25, -0.2) is 0 Å². The molecule has 23 heavy (non-hydrogen) atoms. The van der Waals surface area contributed by atoms with Crippen LogP contribution >= 0.6 is 0 Å². The van der Waals surface area contributed by atoms with E-state index in [2.05, 4.69) is 10.6 Å². The highest BCUT2D eigenvalue weighted by Crippen LogP contribution is 2.21. The fraction of sp³-hybridized carbons (Fsp3) is 0.923. The van der Waals surface area contributed by atoms with Crippen molar-refractivity contribution in [3.8, 4) is 0 Å². The number of nitrogens with one attached hydrogen (secondary N) is 2. The minimum absolute atomic E-state index is 0.0114. The summed E-state index contributed by atoms with van der Waals surface area (Å²) in [4.78, 5) is 11.8. The van der Waals surface area contributed by atoms with Crippen LogP contribution in [-0.2, 0) is 14.3 Å². The van der Waals surface area contributed by atoms with E-state index in [9.17, 15) is 15.0 Å². The third kappa shape index (κ3) is 5.94. The maximum Gasteiger partial charge on any atom is 0.237 e. The first-order valence-corrected chi connectivity index (χ1v) is 7.72. The van der Waals surface area contributed by atoms with Crippen molar-refractivity contribution in [1.29, 1.82) is 0 Å². The SMILES string of the molecule is C[C@H](N)C(=O)N[C@H]1[C@@H](OCCNCCN)O[C@H](CN)[C@@H](O)[C@@H]1O. The fourth-order valence-corrected chi connectivity index (χ4v) is 2.19. The van der Waals surface area contributed by atoms with E-state index in [1.807, 2.05) is 0 Å². The number of aliphatic hydroxyl groups excluding tert-OH is 2. The molecule has 136 valence electrons. The van der Waals surface area contributed by atoms with Gasteiger partial charge in [-0.15, -0.1) is 0 Å². The topological polar surface area (TPSA) is 178 Å². The number of aliphatic hydroxyl groups is 2. The van der Waals surface area contributed by atoms with Crippen molar-refractivity contribution in [1.82, 2.24) is 10.6 Å². The molecule has 1 fully saturated rings. The third-order valence-corrected chi connectivity index (χ3v) is 3.54. The second-order valence-electron chi connectivity index (χ2n) is 5.49. The van der Waals surface area contributed by atoms with Gasteiger partial charge in [0.15, 0.2) is 6.29 Å². The number of ether oxygens (including phenoxy) is 2. The first-order valence-electron chi connectivity index (χ1n) is 7.72. The Morgan fingerprint density at radius 3 is 2.57 bits per heavy atom. The van der Waals surface area contributed by atoms with Crippen LogP contribution in [0.25, 0.3) is 0 Å². The molecule has 6 atom stereocenters. The van der Waals surface area contributed by atoms with E-state index < -0.39 is 42.6 Å². The molecule has 0 aromatic carbocycles. The van der Waals surface area contributed by atoms with Crippen molar-refractivity contribution >= 4 is 5.91 Å². The predicted octanol–water partition coefficient (Wildman–Crippen LogP) is -4.21. The van der Waals surface area contributed by atoms with Gasteiger partial charge in [-0.2, -0.15) is 0 Å². The number of hydrogen-bond acceptors (Lipinski definition) is 9. The van der Waals surface area contributed by atoms with E-state index in [0.717, 1.165) is 0 Å². The van der Waals surface area contributed by atoms with Crippen LogP contribution in [0.4, 0.5) is 0 Å². The molecule has 1 saturated heterocycles. The molecule has 1 aliphatic heterocycles. The van der Waals surface area contributed by atoms with Gasteiger partial charge >= 0.3 is 0 Å². The molecule has 0 saturated carbocycles. The summed E-state index contributed by atoms with van der Waals surface area (Å²) in [6, 6.07) is -1.71. The minimum Gasteiger partial charge on any atom is -0.388 e. The molecule has 10 N–H and O–H groups in total. The van der Waals surface area contributed by atoms with E-state index in [1.165, 1.54) is 6.92 Å². The Morgan fingerprint density at radius 1 is 1.30 bits per heavy atom. The summed E-state index contributed by atoms with van der Waals surface area (Å²) in [5.74, 6) is -0.481. The van der Waals surface area contributed by atoms with Crippen molar-refractivity contribution in [2.45, 2.75) is 43.6 Å². The zero-order valence-electron chi connectivity index (χ0n) is 13.4. The molecule has 1 aliphatic rings. The maximum atomic E-state index is 11.8. The number of carbonyl (C=O) groups is 1. The lowest BCUT2D eigenvalue weighted by molar-refractivity contribution is -0.261. The van der Waals surface area contributed by atoms with Crippen molar-refractivity contribution in [2.75, 3.05) is 32.8 Å². The van der Waals surface area contributed by atoms with E-state index in [4.69, 9.17) is 26.7 Å². The fourth-order valence-electron chi connectivity index (χ4n) is 2.19. The molecule has 0 aromatic rings. The molecule has 0 spiro atoms. The van der Waals surface area contributed by atoms with Crippen LogP contribution < -0.4 is 27.8 Å². The second kappa shape index (κ2) is 10.1. The molecule has 1 amide bonds. The first-order chi connectivity index (χ1) is 10.9. The Balaban J connectivity index is 2.67. The Bertz CT molecular complexity index is 360. The van der Waals surface area contributed by atoms with E-state index >= 15 is 0 Å². The standard InChI is InChI=1S/C13H29N5O5/c1-7(16)12(21)18-9-11(20)10(19)8(6-15)23-13(9)22-5-4-17-3-2-14/h7-11,13,17,19-20H,2-6,14-16H2,1H3,(H,18,21)/t7-,8+,9+,10+,11+,13-/m0/s1. The van der Waals surface area contributed by atoms with E-state index in [0.29, 0.717) is 19.6 Å². The molecule has 10 nitrogen and oxygen atoms in total. The van der Waals surface area contributed by atoms with Gasteiger partial charge in [0.25, 0.3) is 0 Å². The minimum atomic E-state index is -1.28. The van der Waals surface area contributed by atoms with Gasteiger partial charge in [0.2, 0.25) is 5.91 Å². The van der Waals surface area contributed by atoms with Crippen LogP contribution in [0, 0.1) is 0 Å². The van der Waals surface area contributed by atoms with Crippen molar-refractivity contribution in [2.24, 2.45) is 17.2 Å².